The molecule has 0 spiro atoms. The molecular weight excluding hydrogens is 1040 g/mol. The number of cyclic esters (lactones) is 1. The van der Waals surface area contributed by atoms with E-state index in [0.29, 0.717) is 12.3 Å². The van der Waals surface area contributed by atoms with Crippen molar-refractivity contribution in [1.82, 2.24) is 15.1 Å². The topological polar surface area (TPSA) is 316 Å². The van der Waals surface area contributed by atoms with Crippen LogP contribution in [0.25, 0.3) is 0 Å². The summed E-state index contributed by atoms with van der Waals surface area (Å²) in [7, 11) is 7.09. The Bertz CT molecular complexity index is 1900. The number of nitrogens with one attached hydrogen (secondary N) is 1. The summed E-state index contributed by atoms with van der Waals surface area (Å²) in [5.74, 6) is -4.73. The summed E-state index contributed by atoms with van der Waals surface area (Å²) in [6.45, 7) is 20.8. The molecule has 0 saturated carbocycles. The molecule has 10 N–H and O–H groups in total. The third-order valence-corrected chi connectivity index (χ3v) is 18.3. The van der Waals surface area contributed by atoms with Gasteiger partial charge in [-0.1, -0.05) is 41.0 Å². The minimum Gasteiger partial charge on any atom is -0.459 e. The first-order valence-electron chi connectivity index (χ1n) is 28.1. The zero-order valence-corrected chi connectivity index (χ0v) is 50.2. The molecule has 5 saturated heterocycles. The quantitative estimate of drug-likeness (QED) is 0.108. The van der Waals surface area contributed by atoms with Crippen LogP contribution in [0.2, 0.25) is 0 Å². The van der Waals surface area contributed by atoms with Gasteiger partial charge in [-0.3, -0.25) is 19.3 Å². The molecule has 5 heterocycles. The van der Waals surface area contributed by atoms with E-state index in [1.54, 1.807) is 47.8 Å². The summed E-state index contributed by atoms with van der Waals surface area (Å²) >= 11 is 1.20. The number of carbonyl (C=O) groups is 3. The number of likely N-dealkylation sites (tertiary alicyclic amines) is 1. The number of thioether (sulfide) groups is 1. The fourth-order valence-corrected chi connectivity index (χ4v) is 13.2. The maximum atomic E-state index is 14.1. The van der Waals surface area contributed by atoms with Crippen molar-refractivity contribution >= 4 is 29.4 Å². The number of methoxy groups -OCH3 is 1. The van der Waals surface area contributed by atoms with E-state index in [0.717, 1.165) is 25.8 Å². The minimum absolute atomic E-state index is 0.0936. The number of nitrogens with zero attached hydrogens (tertiary/aromatic N) is 2. The molecule has 0 aromatic carbocycles. The van der Waals surface area contributed by atoms with Crippen LogP contribution in [-0.4, -0.2) is 247 Å². The van der Waals surface area contributed by atoms with Crippen molar-refractivity contribution in [3.8, 4) is 0 Å². The van der Waals surface area contributed by atoms with Crippen LogP contribution >= 0.6 is 11.8 Å². The zero-order valence-electron chi connectivity index (χ0n) is 49.4. The van der Waals surface area contributed by atoms with E-state index >= 15 is 0 Å². The first-order valence-corrected chi connectivity index (χ1v) is 29.4. The number of Topliss-reactive ketones (excluding diaryl/α,β-unsaturated/α-hetero) is 1. The Balaban J connectivity index is 0.000000407. The molecule has 78 heavy (non-hydrogen) atoms. The Morgan fingerprint density at radius 2 is 1.50 bits per heavy atom. The van der Waals surface area contributed by atoms with Crippen LogP contribution in [0, 0.1) is 29.6 Å². The molecular formula is C55H101N3O19S. The number of hydrogen-bond acceptors (Lipinski definition) is 22. The van der Waals surface area contributed by atoms with Crippen molar-refractivity contribution in [2.75, 3.05) is 41.1 Å². The summed E-state index contributed by atoms with van der Waals surface area (Å²) in [4.78, 5) is 44.6. The molecule has 0 unspecified atom stereocenters. The van der Waals surface area contributed by atoms with Gasteiger partial charge in [-0.2, -0.15) is 0 Å². The zero-order chi connectivity index (χ0) is 59.3. The Morgan fingerprint density at radius 1 is 0.872 bits per heavy atom. The van der Waals surface area contributed by atoms with Gasteiger partial charge in [0.1, 0.15) is 59.5 Å². The Labute approximate surface area is 467 Å². The number of aliphatic hydroxyl groups is 9. The highest BCUT2D eigenvalue weighted by Crippen LogP contribution is 2.41. The van der Waals surface area contributed by atoms with Gasteiger partial charge < -0.3 is 89.3 Å². The van der Waals surface area contributed by atoms with E-state index < -0.39 is 150 Å². The standard InChI is InChI=1S/C37H67NO13.C18H34N2O6S/c1-14-25-37(10,45)30(41)20(4)27(39)18(2)16-35(8,44)32(51-34-28(40)24(38(11)12)15-19(3)47-34)21(5)29(22(6)33(43)49-25)50-26-17-36(9,46-13)31(42)23(7)48-26;1-5-6-10-7-11(20(3)8-10)17(25)19-12(9(2)21)16-14(23)13(22)15(24)18(26-16)27-4/h18-26,28-32,34,40-42,44-45H,14-17H2,1-13H3;9-16,18,21-24H,5-8H2,1-4H3,(H,19,25)/t18-,19-,20+,21+,22-,23+,24+,25-,26+,28-,29+,30-,31+,32-,34+,35-,36-,37-;9-,10-,11+,12-,13+,14-,15-,16-,18-/m11/s1. The number of esters is 1. The molecule has 1 amide bonds. The fourth-order valence-electron chi connectivity index (χ4n) is 12.5. The SMILES string of the molecule is CCC[C@@H]1C[C@@H](C(=O)N[C@@H]([C@H]2O[C@H](SC)[C@H](O)[C@@H](O)[C@H]2O)[C@@H](C)O)N(C)C1.CC[C@H]1OC(=O)[C@H](C)[C@@H](O[C@H]2C[C@@](C)(OC)[C@@H](O)[C@H](C)O2)[C@H](C)[C@@H](O[C@@H]2O[C@H](C)C[C@H](N(C)C)[C@H]2O)[C@](C)(O)C[C@@H](C)C(=O)[C@H](C)[C@@H](O)[C@]1(C)O. The van der Waals surface area contributed by atoms with Gasteiger partial charge >= 0.3 is 5.97 Å². The normalized spacial score (nSPS) is 46.3. The number of ether oxygens (including phenoxy) is 7. The molecule has 0 aromatic heterocycles. The first-order chi connectivity index (χ1) is 36.1. The van der Waals surface area contributed by atoms with Crippen molar-refractivity contribution in [3.05, 3.63) is 0 Å². The summed E-state index contributed by atoms with van der Waals surface area (Å²) < 4.78 is 42.8. The van der Waals surface area contributed by atoms with E-state index in [9.17, 15) is 60.3 Å². The van der Waals surface area contributed by atoms with E-state index in [1.165, 1.54) is 46.6 Å². The summed E-state index contributed by atoms with van der Waals surface area (Å²) in [6, 6.07) is -1.52. The van der Waals surface area contributed by atoms with Gasteiger partial charge in [0, 0.05) is 43.9 Å². The summed E-state index contributed by atoms with van der Waals surface area (Å²) in [5.41, 5.74) is -5.59. The van der Waals surface area contributed by atoms with Crippen molar-refractivity contribution < 1.29 is 93.5 Å². The molecule has 5 fully saturated rings. The molecule has 456 valence electrons. The molecule has 23 heteroatoms. The maximum absolute atomic E-state index is 14.1. The Morgan fingerprint density at radius 3 is 2.05 bits per heavy atom. The van der Waals surface area contributed by atoms with Gasteiger partial charge in [0.2, 0.25) is 5.91 Å². The summed E-state index contributed by atoms with van der Waals surface area (Å²) in [6.07, 6.45) is -11.2. The molecule has 22 nitrogen and oxygen atoms in total. The second-order valence-electron chi connectivity index (χ2n) is 24.3. The lowest BCUT2D eigenvalue weighted by atomic mass is 9.74. The van der Waals surface area contributed by atoms with Crippen LogP contribution in [0.3, 0.4) is 0 Å². The van der Waals surface area contributed by atoms with Gasteiger partial charge in [0.25, 0.3) is 0 Å². The highest BCUT2D eigenvalue weighted by Gasteiger charge is 2.54. The van der Waals surface area contributed by atoms with Gasteiger partial charge in [-0.05, 0) is 114 Å². The minimum atomic E-state index is -1.99. The molecule has 5 rings (SSSR count). The predicted octanol–water partition coefficient (Wildman–Crippen LogP) is 0.929. The van der Waals surface area contributed by atoms with E-state index in [4.69, 9.17) is 33.2 Å². The van der Waals surface area contributed by atoms with Crippen molar-refractivity contribution in [3.63, 3.8) is 0 Å². The number of likely N-dealkylation sites (N-methyl/N-ethyl adjacent to an activating group) is 2. The highest BCUT2D eigenvalue weighted by molar-refractivity contribution is 7.99. The number of carbonyl (C=O) groups excluding carboxylic acids is 3. The Kier molecular flexibility index (Phi) is 25.3. The van der Waals surface area contributed by atoms with Gasteiger partial charge in [0.15, 0.2) is 12.6 Å². The van der Waals surface area contributed by atoms with Crippen LogP contribution in [0.1, 0.15) is 128 Å². The number of hydrogen-bond donors (Lipinski definition) is 10. The van der Waals surface area contributed by atoms with Crippen molar-refractivity contribution in [2.24, 2.45) is 29.6 Å². The average Bonchev–Trinajstić information content (AvgIpc) is 3.75. The maximum Gasteiger partial charge on any atom is 0.311 e. The number of aliphatic hydroxyl groups excluding tert-OH is 7. The van der Waals surface area contributed by atoms with Crippen molar-refractivity contribution in [1.29, 1.82) is 0 Å². The summed E-state index contributed by atoms with van der Waals surface area (Å²) in [5, 5.41) is 101. The lowest BCUT2D eigenvalue weighted by Gasteiger charge is -2.49. The monoisotopic (exact) mass is 1140 g/mol. The third kappa shape index (κ3) is 15.9. The van der Waals surface area contributed by atoms with Crippen LogP contribution in [0.15, 0.2) is 0 Å². The Hall–Kier alpha value is -1.72. The number of amides is 1. The van der Waals surface area contributed by atoms with Crippen LogP contribution in [0.5, 0.6) is 0 Å². The highest BCUT2D eigenvalue weighted by atomic mass is 32.2. The molecule has 0 radical (unpaired) electrons. The predicted molar refractivity (Wildman–Crippen MR) is 289 cm³/mol. The molecule has 27 atom stereocenters. The van der Waals surface area contributed by atoms with E-state index in [1.807, 2.05) is 37.9 Å². The lowest BCUT2D eigenvalue weighted by molar-refractivity contribution is -0.318. The fraction of sp³-hybridized carbons (Fsp3) is 0.945. The first kappa shape index (κ1) is 68.8. The van der Waals surface area contributed by atoms with Gasteiger partial charge in [-0.15, -0.1) is 11.8 Å². The van der Waals surface area contributed by atoms with E-state index in [-0.39, 0.29) is 43.4 Å². The number of ketones is 1. The van der Waals surface area contributed by atoms with Gasteiger partial charge in [-0.25, -0.2) is 0 Å². The lowest BCUT2D eigenvalue weighted by Crippen LogP contribution is -2.65. The average molecular weight is 1140 g/mol. The van der Waals surface area contributed by atoms with Crippen LogP contribution < -0.4 is 5.32 Å². The molecule has 0 aliphatic carbocycles. The second kappa shape index (κ2) is 28.7. The second-order valence-corrected chi connectivity index (χ2v) is 25.2. The molecule has 0 aromatic rings. The van der Waals surface area contributed by atoms with Crippen molar-refractivity contribution in [2.45, 2.75) is 260 Å². The van der Waals surface area contributed by atoms with Gasteiger partial charge in [0.05, 0.1) is 65.8 Å². The van der Waals surface area contributed by atoms with Crippen LogP contribution in [0.4, 0.5) is 0 Å². The largest absolute Gasteiger partial charge is 0.459 e. The molecule has 0 bridgehead atoms. The molecule has 5 aliphatic rings. The third-order valence-electron chi connectivity index (χ3n) is 17.5. The smallest absolute Gasteiger partial charge is 0.311 e. The van der Waals surface area contributed by atoms with E-state index in [2.05, 4.69) is 12.2 Å². The van der Waals surface area contributed by atoms with Crippen LogP contribution in [-0.2, 0) is 47.5 Å². The molecule has 5 aliphatic heterocycles. The number of rotatable bonds is 14.